The first kappa shape index (κ1) is 11.3. The van der Waals surface area contributed by atoms with Crippen molar-refractivity contribution in [3.8, 4) is 0 Å². The van der Waals surface area contributed by atoms with Gasteiger partial charge in [0.15, 0.2) is 0 Å². The Morgan fingerprint density at radius 1 is 1.28 bits per heavy atom. The van der Waals surface area contributed by atoms with Gasteiger partial charge >= 0.3 is 0 Å². The number of aromatic nitrogens is 1. The molecule has 2 N–H and O–H groups in total. The number of ether oxygens (including phenoxy) is 1. The van der Waals surface area contributed by atoms with Crippen molar-refractivity contribution in [1.29, 1.82) is 0 Å². The van der Waals surface area contributed by atoms with E-state index in [0.717, 1.165) is 42.5 Å². The van der Waals surface area contributed by atoms with Gasteiger partial charge in [-0.3, -0.25) is 4.79 Å². The fourth-order valence-corrected chi connectivity index (χ4v) is 2.36. The Kier molecular flexibility index (Phi) is 3.02. The lowest BCUT2D eigenvalue weighted by Gasteiger charge is -2.22. The second kappa shape index (κ2) is 4.82. The molecule has 1 aliphatic rings. The van der Waals surface area contributed by atoms with E-state index in [1.54, 1.807) is 6.20 Å². The van der Waals surface area contributed by atoms with E-state index in [0.29, 0.717) is 0 Å². The van der Waals surface area contributed by atoms with Gasteiger partial charge in [0.2, 0.25) is 0 Å². The van der Waals surface area contributed by atoms with Crippen LogP contribution in [0.25, 0.3) is 10.9 Å². The molecule has 2 aromatic rings. The number of benzene rings is 1. The third-order valence-electron chi connectivity index (χ3n) is 3.39. The van der Waals surface area contributed by atoms with E-state index in [9.17, 15) is 4.79 Å². The van der Waals surface area contributed by atoms with Crippen molar-refractivity contribution < 1.29 is 9.53 Å². The maximum absolute atomic E-state index is 12.2. The van der Waals surface area contributed by atoms with E-state index < -0.39 is 0 Å². The van der Waals surface area contributed by atoms with E-state index in [-0.39, 0.29) is 11.9 Å². The van der Waals surface area contributed by atoms with Crippen LogP contribution in [0.2, 0.25) is 0 Å². The number of carbonyl (C=O) groups excluding carboxylic acids is 1. The Morgan fingerprint density at radius 3 is 2.89 bits per heavy atom. The number of carbonyl (C=O) groups is 1. The van der Waals surface area contributed by atoms with Gasteiger partial charge in [0.05, 0.1) is 5.56 Å². The Bertz CT molecular complexity index is 556. The molecule has 0 spiro atoms. The molecule has 1 saturated heterocycles. The highest BCUT2D eigenvalue weighted by Crippen LogP contribution is 2.18. The van der Waals surface area contributed by atoms with Crippen molar-refractivity contribution >= 4 is 16.8 Å². The molecule has 4 heteroatoms. The van der Waals surface area contributed by atoms with Crippen LogP contribution in [0.5, 0.6) is 0 Å². The van der Waals surface area contributed by atoms with Crippen molar-refractivity contribution in [2.24, 2.45) is 0 Å². The quantitative estimate of drug-likeness (QED) is 0.849. The van der Waals surface area contributed by atoms with Gasteiger partial charge in [0.1, 0.15) is 0 Å². The van der Waals surface area contributed by atoms with E-state index in [2.05, 4.69) is 10.3 Å². The standard InChI is InChI=1S/C14H16N2O2/c17-14(16-10-5-7-18-8-6-10)12-9-15-13-4-2-1-3-11(12)13/h1-4,9-10,15H,5-8H2,(H,16,17). The first-order valence-corrected chi connectivity index (χ1v) is 6.29. The topological polar surface area (TPSA) is 54.1 Å². The summed E-state index contributed by atoms with van der Waals surface area (Å²) < 4.78 is 5.28. The minimum absolute atomic E-state index is 0.000602. The second-order valence-corrected chi connectivity index (χ2v) is 4.61. The molecule has 18 heavy (non-hydrogen) atoms. The van der Waals surface area contributed by atoms with Crippen LogP contribution in [0.3, 0.4) is 0 Å². The van der Waals surface area contributed by atoms with Gasteiger partial charge in [-0.25, -0.2) is 0 Å². The van der Waals surface area contributed by atoms with Gasteiger partial charge in [-0.2, -0.15) is 0 Å². The smallest absolute Gasteiger partial charge is 0.253 e. The summed E-state index contributed by atoms with van der Waals surface area (Å²) in [5.74, 6) is -0.000602. The number of rotatable bonds is 2. The van der Waals surface area contributed by atoms with Crippen LogP contribution >= 0.6 is 0 Å². The SMILES string of the molecule is O=C(NC1CCOCC1)c1c[nH]c2ccccc12. The summed E-state index contributed by atoms with van der Waals surface area (Å²) in [5, 5.41) is 4.05. The molecular formula is C14H16N2O2. The molecule has 1 fully saturated rings. The number of aromatic amines is 1. The van der Waals surface area contributed by atoms with Crippen molar-refractivity contribution in [2.75, 3.05) is 13.2 Å². The van der Waals surface area contributed by atoms with Crippen LogP contribution in [-0.4, -0.2) is 30.1 Å². The summed E-state index contributed by atoms with van der Waals surface area (Å²) in [6.07, 6.45) is 3.57. The zero-order valence-corrected chi connectivity index (χ0v) is 10.1. The Balaban J connectivity index is 1.79. The summed E-state index contributed by atoms with van der Waals surface area (Å²) in [4.78, 5) is 15.3. The molecule has 0 radical (unpaired) electrons. The number of fused-ring (bicyclic) bond motifs is 1. The molecule has 0 atom stereocenters. The predicted octanol–water partition coefficient (Wildman–Crippen LogP) is 2.08. The van der Waals surface area contributed by atoms with Crippen molar-refractivity contribution in [3.05, 3.63) is 36.0 Å². The number of para-hydroxylation sites is 1. The van der Waals surface area contributed by atoms with Gasteiger partial charge in [-0.15, -0.1) is 0 Å². The lowest BCUT2D eigenvalue weighted by molar-refractivity contribution is 0.0697. The molecule has 0 saturated carbocycles. The molecule has 1 amide bonds. The molecule has 0 bridgehead atoms. The molecule has 0 unspecified atom stereocenters. The van der Waals surface area contributed by atoms with E-state index >= 15 is 0 Å². The van der Waals surface area contributed by atoms with E-state index in [1.165, 1.54) is 0 Å². The minimum Gasteiger partial charge on any atom is -0.381 e. The minimum atomic E-state index is -0.000602. The molecule has 94 valence electrons. The number of amides is 1. The van der Waals surface area contributed by atoms with Crippen molar-refractivity contribution in [1.82, 2.24) is 10.3 Å². The van der Waals surface area contributed by atoms with E-state index in [1.807, 2.05) is 24.3 Å². The molecule has 3 rings (SSSR count). The maximum atomic E-state index is 12.2. The highest BCUT2D eigenvalue weighted by atomic mass is 16.5. The molecule has 4 nitrogen and oxygen atoms in total. The lowest BCUT2D eigenvalue weighted by atomic mass is 10.1. The average Bonchev–Trinajstić information content (AvgIpc) is 2.84. The number of hydrogen-bond donors (Lipinski definition) is 2. The predicted molar refractivity (Wildman–Crippen MR) is 69.6 cm³/mol. The number of hydrogen-bond acceptors (Lipinski definition) is 2. The summed E-state index contributed by atoms with van der Waals surface area (Å²) >= 11 is 0. The fraction of sp³-hybridized carbons (Fsp3) is 0.357. The van der Waals surface area contributed by atoms with Gasteiger partial charge in [0.25, 0.3) is 5.91 Å². The highest BCUT2D eigenvalue weighted by Gasteiger charge is 2.18. The largest absolute Gasteiger partial charge is 0.381 e. The van der Waals surface area contributed by atoms with Gasteiger partial charge in [0, 0.05) is 36.4 Å². The number of H-pyrrole nitrogens is 1. The zero-order valence-electron chi connectivity index (χ0n) is 10.1. The normalized spacial score (nSPS) is 16.9. The van der Waals surface area contributed by atoms with Gasteiger partial charge in [-0.1, -0.05) is 18.2 Å². The fourth-order valence-electron chi connectivity index (χ4n) is 2.36. The molecule has 0 aliphatic carbocycles. The van der Waals surface area contributed by atoms with Crippen LogP contribution in [-0.2, 0) is 4.74 Å². The molecule has 1 aromatic carbocycles. The summed E-state index contributed by atoms with van der Waals surface area (Å²) in [6.45, 7) is 1.47. The van der Waals surface area contributed by atoms with Crippen LogP contribution in [0.1, 0.15) is 23.2 Å². The molecule has 2 heterocycles. The van der Waals surface area contributed by atoms with Crippen molar-refractivity contribution in [3.63, 3.8) is 0 Å². The third kappa shape index (κ3) is 2.11. The molecular weight excluding hydrogens is 228 g/mol. The lowest BCUT2D eigenvalue weighted by Crippen LogP contribution is -2.38. The highest BCUT2D eigenvalue weighted by molar-refractivity contribution is 6.06. The van der Waals surface area contributed by atoms with Gasteiger partial charge < -0.3 is 15.0 Å². The first-order valence-electron chi connectivity index (χ1n) is 6.29. The second-order valence-electron chi connectivity index (χ2n) is 4.61. The van der Waals surface area contributed by atoms with Crippen LogP contribution in [0, 0.1) is 0 Å². The Labute approximate surface area is 105 Å². The van der Waals surface area contributed by atoms with Crippen molar-refractivity contribution in [2.45, 2.75) is 18.9 Å². The summed E-state index contributed by atoms with van der Waals surface area (Å²) in [7, 11) is 0. The van der Waals surface area contributed by atoms with Crippen LogP contribution in [0.15, 0.2) is 30.5 Å². The molecule has 1 aromatic heterocycles. The third-order valence-corrected chi connectivity index (χ3v) is 3.39. The van der Waals surface area contributed by atoms with Crippen LogP contribution in [0.4, 0.5) is 0 Å². The maximum Gasteiger partial charge on any atom is 0.253 e. The monoisotopic (exact) mass is 244 g/mol. The van der Waals surface area contributed by atoms with Gasteiger partial charge in [-0.05, 0) is 18.9 Å². The summed E-state index contributed by atoms with van der Waals surface area (Å²) in [6, 6.07) is 8.08. The Morgan fingerprint density at radius 2 is 2.06 bits per heavy atom. The number of nitrogens with one attached hydrogen (secondary N) is 2. The first-order chi connectivity index (χ1) is 8.84. The van der Waals surface area contributed by atoms with E-state index in [4.69, 9.17) is 4.74 Å². The zero-order chi connectivity index (χ0) is 12.4. The van der Waals surface area contributed by atoms with Crippen LogP contribution < -0.4 is 5.32 Å². The molecule has 1 aliphatic heterocycles. The Hall–Kier alpha value is -1.81. The summed E-state index contributed by atoms with van der Waals surface area (Å²) in [5.41, 5.74) is 1.71. The average molecular weight is 244 g/mol.